The number of rotatable bonds is 7. The second kappa shape index (κ2) is 5.33. The molecule has 0 aromatic rings. The third kappa shape index (κ3) is 3.97. The van der Waals surface area contributed by atoms with Crippen molar-refractivity contribution in [2.24, 2.45) is 5.41 Å². The molecule has 0 heterocycles. The molecule has 0 aromatic heterocycles. The lowest BCUT2D eigenvalue weighted by atomic mass is 9.77. The van der Waals surface area contributed by atoms with Gasteiger partial charge in [0.15, 0.2) is 0 Å². The normalized spacial score (nSPS) is 11.0. The molecular formula is C9H14O6. The highest BCUT2D eigenvalue weighted by Crippen LogP contribution is 2.32. The lowest BCUT2D eigenvalue weighted by Gasteiger charge is -2.25. The summed E-state index contributed by atoms with van der Waals surface area (Å²) in [4.78, 5) is 32.0. The predicted molar refractivity (Wildman–Crippen MR) is 49.5 cm³/mol. The molecule has 86 valence electrons. The highest BCUT2D eigenvalue weighted by Gasteiger charge is 2.41. The fourth-order valence-corrected chi connectivity index (χ4v) is 1.55. The quantitative estimate of drug-likeness (QED) is 0.582. The molecule has 0 unspecified atom stereocenters. The fourth-order valence-electron chi connectivity index (χ4n) is 1.55. The van der Waals surface area contributed by atoms with Gasteiger partial charge in [-0.1, -0.05) is 13.3 Å². The maximum Gasteiger partial charge on any atom is 0.310 e. The average molecular weight is 218 g/mol. The van der Waals surface area contributed by atoms with Crippen LogP contribution in [0.3, 0.4) is 0 Å². The van der Waals surface area contributed by atoms with Crippen molar-refractivity contribution in [1.82, 2.24) is 0 Å². The molecule has 0 aliphatic rings. The molecule has 3 N–H and O–H groups in total. The second-order valence-corrected chi connectivity index (χ2v) is 3.48. The van der Waals surface area contributed by atoms with Crippen LogP contribution in [0.15, 0.2) is 0 Å². The molecule has 0 rings (SSSR count). The van der Waals surface area contributed by atoms with E-state index in [0.29, 0.717) is 6.42 Å². The lowest BCUT2D eigenvalue weighted by Crippen LogP contribution is -2.35. The zero-order valence-corrected chi connectivity index (χ0v) is 8.39. The Kier molecular flexibility index (Phi) is 4.77. The van der Waals surface area contributed by atoms with Gasteiger partial charge in [0.1, 0.15) is 0 Å². The maximum atomic E-state index is 11.0. The van der Waals surface area contributed by atoms with Gasteiger partial charge in [0.25, 0.3) is 0 Å². The molecule has 0 saturated carbocycles. The van der Waals surface area contributed by atoms with Crippen LogP contribution in [0.1, 0.15) is 32.6 Å². The van der Waals surface area contributed by atoms with Gasteiger partial charge in [-0.05, 0) is 6.42 Å². The summed E-state index contributed by atoms with van der Waals surface area (Å²) in [6, 6.07) is 0. The summed E-state index contributed by atoms with van der Waals surface area (Å²) in [5.74, 6) is -3.96. The first-order chi connectivity index (χ1) is 6.84. The molecule has 15 heavy (non-hydrogen) atoms. The van der Waals surface area contributed by atoms with Crippen molar-refractivity contribution in [2.75, 3.05) is 0 Å². The smallest absolute Gasteiger partial charge is 0.310 e. The SMILES string of the molecule is CCCC(CC(=O)O)(CC(=O)O)C(=O)O. The first-order valence-electron chi connectivity index (χ1n) is 4.51. The van der Waals surface area contributed by atoms with E-state index in [9.17, 15) is 14.4 Å². The molecule has 0 saturated heterocycles. The number of hydrogen-bond acceptors (Lipinski definition) is 3. The molecule has 6 heteroatoms. The first kappa shape index (κ1) is 13.4. The highest BCUT2D eigenvalue weighted by molar-refractivity contribution is 5.85. The fraction of sp³-hybridized carbons (Fsp3) is 0.667. The van der Waals surface area contributed by atoms with E-state index in [1.807, 2.05) is 0 Å². The van der Waals surface area contributed by atoms with Crippen molar-refractivity contribution >= 4 is 17.9 Å². The number of carboxylic acid groups (broad SMARTS) is 3. The molecule has 0 atom stereocenters. The minimum atomic E-state index is -1.69. The van der Waals surface area contributed by atoms with E-state index in [2.05, 4.69) is 0 Å². The molecule has 0 aromatic carbocycles. The number of carbonyl (C=O) groups is 3. The Morgan fingerprint density at radius 2 is 1.40 bits per heavy atom. The van der Waals surface area contributed by atoms with Gasteiger partial charge in [-0.2, -0.15) is 0 Å². The third-order valence-electron chi connectivity index (χ3n) is 2.16. The van der Waals surface area contributed by atoms with Gasteiger partial charge >= 0.3 is 17.9 Å². The van der Waals surface area contributed by atoms with Gasteiger partial charge in [0, 0.05) is 0 Å². The minimum Gasteiger partial charge on any atom is -0.481 e. The van der Waals surface area contributed by atoms with Crippen LogP contribution >= 0.6 is 0 Å². The lowest BCUT2D eigenvalue weighted by molar-refractivity contribution is -0.161. The van der Waals surface area contributed by atoms with Gasteiger partial charge in [0.05, 0.1) is 18.3 Å². The van der Waals surface area contributed by atoms with Crippen LogP contribution in [0.5, 0.6) is 0 Å². The van der Waals surface area contributed by atoms with Crippen LogP contribution in [-0.2, 0) is 14.4 Å². The summed E-state index contributed by atoms with van der Waals surface area (Å²) in [6.07, 6.45) is -0.862. The van der Waals surface area contributed by atoms with E-state index in [-0.39, 0.29) is 6.42 Å². The van der Waals surface area contributed by atoms with Crippen molar-refractivity contribution in [3.05, 3.63) is 0 Å². The Labute approximate surface area is 86.5 Å². The van der Waals surface area contributed by atoms with E-state index in [0.717, 1.165) is 0 Å². The standard InChI is InChI=1S/C9H14O6/c1-2-3-9(8(14)15,4-6(10)11)5-7(12)13/h2-5H2,1H3,(H,10,11)(H,12,13)(H,14,15). The van der Waals surface area contributed by atoms with Crippen LogP contribution < -0.4 is 0 Å². The van der Waals surface area contributed by atoms with Crippen molar-refractivity contribution in [2.45, 2.75) is 32.6 Å². The Morgan fingerprint density at radius 1 is 1.00 bits per heavy atom. The van der Waals surface area contributed by atoms with E-state index in [1.165, 1.54) is 0 Å². The molecule has 0 spiro atoms. The van der Waals surface area contributed by atoms with Gasteiger partial charge in [-0.15, -0.1) is 0 Å². The number of carboxylic acids is 3. The molecule has 0 aliphatic carbocycles. The third-order valence-corrected chi connectivity index (χ3v) is 2.16. The number of aliphatic carboxylic acids is 3. The molecule has 0 radical (unpaired) electrons. The van der Waals surface area contributed by atoms with E-state index in [4.69, 9.17) is 15.3 Å². The molecule has 0 bridgehead atoms. The van der Waals surface area contributed by atoms with E-state index in [1.54, 1.807) is 6.92 Å². The monoisotopic (exact) mass is 218 g/mol. The summed E-state index contributed by atoms with van der Waals surface area (Å²) in [5.41, 5.74) is -1.69. The van der Waals surface area contributed by atoms with Crippen molar-refractivity contribution < 1.29 is 29.7 Å². The summed E-state index contributed by atoms with van der Waals surface area (Å²) in [6.45, 7) is 1.68. The first-order valence-corrected chi connectivity index (χ1v) is 4.51. The molecular weight excluding hydrogens is 204 g/mol. The van der Waals surface area contributed by atoms with Crippen molar-refractivity contribution in [3.63, 3.8) is 0 Å². The number of hydrogen-bond donors (Lipinski definition) is 3. The van der Waals surface area contributed by atoms with Crippen LogP contribution in [0.4, 0.5) is 0 Å². The zero-order chi connectivity index (χ0) is 12.1. The van der Waals surface area contributed by atoms with Gasteiger partial charge in [-0.25, -0.2) is 0 Å². The minimum absolute atomic E-state index is 0.0426. The Bertz CT molecular complexity index is 254. The van der Waals surface area contributed by atoms with Gasteiger partial charge in [0.2, 0.25) is 0 Å². The molecule has 6 nitrogen and oxygen atoms in total. The average Bonchev–Trinajstić information content (AvgIpc) is 2.01. The summed E-state index contributed by atoms with van der Waals surface area (Å²) in [5, 5.41) is 26.1. The van der Waals surface area contributed by atoms with Crippen LogP contribution in [0.25, 0.3) is 0 Å². The largest absolute Gasteiger partial charge is 0.481 e. The highest BCUT2D eigenvalue weighted by atomic mass is 16.4. The molecule has 0 aliphatic heterocycles. The molecule has 0 fully saturated rings. The summed E-state index contributed by atoms with van der Waals surface area (Å²) >= 11 is 0. The van der Waals surface area contributed by atoms with Crippen molar-refractivity contribution in [3.8, 4) is 0 Å². The molecule has 0 amide bonds. The van der Waals surface area contributed by atoms with E-state index >= 15 is 0 Å². The topological polar surface area (TPSA) is 112 Å². The Balaban J connectivity index is 4.96. The van der Waals surface area contributed by atoms with Gasteiger partial charge in [-0.3, -0.25) is 14.4 Å². The summed E-state index contributed by atoms with van der Waals surface area (Å²) < 4.78 is 0. The predicted octanol–water partition coefficient (Wildman–Crippen LogP) is 0.807. The zero-order valence-electron chi connectivity index (χ0n) is 8.39. The second-order valence-electron chi connectivity index (χ2n) is 3.48. The van der Waals surface area contributed by atoms with Crippen molar-refractivity contribution in [1.29, 1.82) is 0 Å². The maximum absolute atomic E-state index is 11.0. The Morgan fingerprint density at radius 3 is 1.60 bits per heavy atom. The van der Waals surface area contributed by atoms with Gasteiger partial charge < -0.3 is 15.3 Å². The summed E-state index contributed by atoms with van der Waals surface area (Å²) in [7, 11) is 0. The van der Waals surface area contributed by atoms with Crippen LogP contribution in [-0.4, -0.2) is 33.2 Å². The Hall–Kier alpha value is -1.59. The van der Waals surface area contributed by atoms with Crippen LogP contribution in [0, 0.1) is 5.41 Å². The van der Waals surface area contributed by atoms with E-state index < -0.39 is 36.2 Å². The van der Waals surface area contributed by atoms with Crippen LogP contribution in [0.2, 0.25) is 0 Å².